The number of amides is 2. The van der Waals surface area contributed by atoms with Crippen molar-refractivity contribution in [2.24, 2.45) is 0 Å². The van der Waals surface area contributed by atoms with Gasteiger partial charge in [0.15, 0.2) is 0 Å². The number of piperazine rings is 1. The molecule has 10 nitrogen and oxygen atoms in total. The third-order valence-electron chi connectivity index (χ3n) is 5.01. The van der Waals surface area contributed by atoms with Gasteiger partial charge in [-0.2, -0.15) is 4.37 Å². The highest BCUT2D eigenvalue weighted by Gasteiger charge is 2.20. The fourth-order valence-electron chi connectivity index (χ4n) is 3.33. The van der Waals surface area contributed by atoms with Crippen LogP contribution in [0.2, 0.25) is 0 Å². The molecule has 1 aliphatic heterocycles. The van der Waals surface area contributed by atoms with Crippen molar-refractivity contribution in [2.75, 3.05) is 64.4 Å². The topological polar surface area (TPSA) is 109 Å². The number of carbonyl (C=O) groups is 2. The van der Waals surface area contributed by atoms with Crippen molar-refractivity contribution < 1.29 is 19.1 Å². The quantitative estimate of drug-likeness (QED) is 0.506. The van der Waals surface area contributed by atoms with Crippen molar-refractivity contribution in [2.45, 2.75) is 13.3 Å². The van der Waals surface area contributed by atoms with Gasteiger partial charge in [0.2, 0.25) is 5.13 Å². The maximum Gasteiger partial charge on any atom is 0.325 e. The van der Waals surface area contributed by atoms with Crippen molar-refractivity contribution in [1.29, 1.82) is 0 Å². The van der Waals surface area contributed by atoms with E-state index in [9.17, 15) is 9.59 Å². The lowest BCUT2D eigenvalue weighted by molar-refractivity contribution is -0.141. The summed E-state index contributed by atoms with van der Waals surface area (Å²) in [6, 6.07) is 7.58. The molecule has 1 saturated heterocycles. The Balaban J connectivity index is 1.36. The zero-order valence-corrected chi connectivity index (χ0v) is 19.3. The normalized spacial score (nSPS) is 14.1. The zero-order valence-electron chi connectivity index (χ0n) is 18.5. The molecule has 1 fully saturated rings. The number of anilines is 1. The van der Waals surface area contributed by atoms with E-state index >= 15 is 0 Å². The molecular formula is C21H30N6O4S. The minimum atomic E-state index is -0.442. The van der Waals surface area contributed by atoms with Gasteiger partial charge in [-0.25, -0.2) is 9.78 Å². The molecule has 11 heteroatoms. The van der Waals surface area contributed by atoms with E-state index in [1.165, 1.54) is 11.5 Å². The molecule has 3 rings (SSSR count). The number of nitrogens with zero attached hydrogens (tertiary/aromatic N) is 4. The SMILES string of the molecule is CCOC(=O)CNC(=O)NCCN1CCN(c2nc(Cc3cccc(OC)c3)ns2)CC1. The minimum Gasteiger partial charge on any atom is -0.497 e. The first-order valence-electron chi connectivity index (χ1n) is 10.7. The number of esters is 1. The molecule has 2 heterocycles. The monoisotopic (exact) mass is 462 g/mol. The third kappa shape index (κ3) is 7.34. The van der Waals surface area contributed by atoms with Crippen LogP contribution in [0.1, 0.15) is 18.3 Å². The van der Waals surface area contributed by atoms with E-state index in [0.717, 1.165) is 55.0 Å². The number of benzene rings is 1. The highest BCUT2D eigenvalue weighted by molar-refractivity contribution is 7.09. The van der Waals surface area contributed by atoms with Crippen LogP contribution < -0.4 is 20.3 Å². The molecule has 0 aliphatic carbocycles. The van der Waals surface area contributed by atoms with Crippen LogP contribution in [0.25, 0.3) is 0 Å². The Morgan fingerprint density at radius 2 is 2.00 bits per heavy atom. The Labute approximate surface area is 192 Å². The number of hydrogen-bond donors (Lipinski definition) is 2. The number of nitrogens with one attached hydrogen (secondary N) is 2. The molecule has 0 saturated carbocycles. The van der Waals surface area contributed by atoms with E-state index in [1.807, 2.05) is 24.3 Å². The van der Waals surface area contributed by atoms with Gasteiger partial charge in [0, 0.05) is 57.2 Å². The summed E-state index contributed by atoms with van der Waals surface area (Å²) in [5.41, 5.74) is 1.12. The summed E-state index contributed by atoms with van der Waals surface area (Å²) in [7, 11) is 1.66. The molecule has 2 aromatic rings. The standard InChI is InChI=1S/C21H30N6O4S/c1-3-31-19(28)15-23-20(29)22-7-8-26-9-11-27(12-10-26)21-24-18(25-32-21)14-16-5-4-6-17(13-16)30-2/h4-6,13H,3,7-12,14-15H2,1-2H3,(H2,22,23,29). The summed E-state index contributed by atoms with van der Waals surface area (Å²) in [6.07, 6.45) is 0.678. The number of methoxy groups -OCH3 is 1. The van der Waals surface area contributed by atoms with E-state index in [-0.39, 0.29) is 12.6 Å². The molecule has 1 aromatic heterocycles. The summed E-state index contributed by atoms with van der Waals surface area (Å²) in [4.78, 5) is 32.2. The fraction of sp³-hybridized carbons (Fsp3) is 0.524. The highest BCUT2D eigenvalue weighted by atomic mass is 32.1. The summed E-state index contributed by atoms with van der Waals surface area (Å²) in [5.74, 6) is 1.21. The van der Waals surface area contributed by atoms with Gasteiger partial charge in [-0.15, -0.1) is 0 Å². The highest BCUT2D eigenvalue weighted by Crippen LogP contribution is 2.21. The van der Waals surface area contributed by atoms with E-state index < -0.39 is 5.97 Å². The maximum absolute atomic E-state index is 11.7. The van der Waals surface area contributed by atoms with E-state index in [2.05, 4.69) is 24.8 Å². The van der Waals surface area contributed by atoms with Crippen LogP contribution in [-0.2, 0) is 16.0 Å². The van der Waals surface area contributed by atoms with Crippen molar-refractivity contribution in [3.8, 4) is 5.75 Å². The number of rotatable bonds is 10. The van der Waals surface area contributed by atoms with Gasteiger partial charge in [0.05, 0.1) is 13.7 Å². The van der Waals surface area contributed by atoms with E-state index in [4.69, 9.17) is 14.5 Å². The second kappa shape index (κ2) is 12.2. The first-order valence-corrected chi connectivity index (χ1v) is 11.4. The summed E-state index contributed by atoms with van der Waals surface area (Å²) >= 11 is 1.43. The van der Waals surface area contributed by atoms with Crippen molar-refractivity contribution in [3.63, 3.8) is 0 Å². The summed E-state index contributed by atoms with van der Waals surface area (Å²) in [5, 5.41) is 6.19. The maximum atomic E-state index is 11.7. The smallest absolute Gasteiger partial charge is 0.325 e. The lowest BCUT2D eigenvalue weighted by atomic mass is 10.1. The number of ether oxygens (including phenoxy) is 2. The zero-order chi connectivity index (χ0) is 22.8. The van der Waals surface area contributed by atoms with Crippen molar-refractivity contribution in [1.82, 2.24) is 24.9 Å². The van der Waals surface area contributed by atoms with Gasteiger partial charge in [-0.3, -0.25) is 9.69 Å². The van der Waals surface area contributed by atoms with Gasteiger partial charge < -0.3 is 25.0 Å². The number of carbonyl (C=O) groups excluding carboxylic acids is 2. The van der Waals surface area contributed by atoms with Gasteiger partial charge in [-0.1, -0.05) is 12.1 Å². The predicted molar refractivity (Wildman–Crippen MR) is 122 cm³/mol. The first kappa shape index (κ1) is 23.7. The average molecular weight is 463 g/mol. The lowest BCUT2D eigenvalue weighted by Crippen LogP contribution is -2.49. The van der Waals surface area contributed by atoms with Crippen LogP contribution in [-0.4, -0.2) is 85.8 Å². The molecule has 32 heavy (non-hydrogen) atoms. The van der Waals surface area contributed by atoms with Crippen molar-refractivity contribution in [3.05, 3.63) is 35.7 Å². The molecule has 0 spiro atoms. The third-order valence-corrected chi connectivity index (χ3v) is 5.82. The summed E-state index contributed by atoms with van der Waals surface area (Å²) in [6.45, 7) is 6.66. The van der Waals surface area contributed by atoms with Crippen LogP contribution in [0.3, 0.4) is 0 Å². The second-order valence-corrected chi connectivity index (χ2v) is 7.99. The molecule has 1 aliphatic rings. The second-order valence-electron chi connectivity index (χ2n) is 7.26. The molecule has 0 bridgehead atoms. The molecule has 174 valence electrons. The molecule has 1 aromatic carbocycles. The van der Waals surface area contributed by atoms with Crippen LogP contribution in [0.5, 0.6) is 5.75 Å². The molecule has 2 N–H and O–H groups in total. The Morgan fingerprint density at radius 3 is 2.75 bits per heavy atom. The van der Waals surface area contributed by atoms with Gasteiger partial charge in [0.25, 0.3) is 0 Å². The van der Waals surface area contributed by atoms with Gasteiger partial charge in [0.1, 0.15) is 18.1 Å². The van der Waals surface area contributed by atoms with Crippen LogP contribution >= 0.6 is 11.5 Å². The number of hydrogen-bond acceptors (Lipinski definition) is 9. The van der Waals surface area contributed by atoms with E-state index in [0.29, 0.717) is 19.6 Å². The lowest BCUT2D eigenvalue weighted by Gasteiger charge is -2.34. The molecule has 0 atom stereocenters. The van der Waals surface area contributed by atoms with E-state index in [1.54, 1.807) is 14.0 Å². The molecule has 0 radical (unpaired) electrons. The molecular weight excluding hydrogens is 432 g/mol. The Bertz CT molecular complexity index is 885. The fourth-order valence-corrected chi connectivity index (χ4v) is 4.06. The molecule has 2 amide bonds. The Hall–Kier alpha value is -2.92. The minimum absolute atomic E-state index is 0.125. The predicted octanol–water partition coefficient (Wildman–Crippen LogP) is 1.12. The average Bonchev–Trinajstić information content (AvgIpc) is 3.27. The van der Waals surface area contributed by atoms with Gasteiger partial charge in [-0.05, 0) is 24.6 Å². The van der Waals surface area contributed by atoms with Crippen molar-refractivity contribution >= 4 is 28.7 Å². The number of urea groups is 1. The number of aromatic nitrogens is 2. The van der Waals surface area contributed by atoms with Gasteiger partial charge >= 0.3 is 12.0 Å². The van der Waals surface area contributed by atoms with Crippen LogP contribution in [0, 0.1) is 0 Å². The van der Waals surface area contributed by atoms with Crippen LogP contribution in [0.15, 0.2) is 24.3 Å². The van der Waals surface area contributed by atoms with Crippen LogP contribution in [0.4, 0.5) is 9.93 Å². The first-order chi connectivity index (χ1) is 15.6. The molecule has 0 unspecified atom stereocenters. The Kier molecular flexibility index (Phi) is 9.05. The summed E-state index contributed by atoms with van der Waals surface area (Å²) < 4.78 is 14.6. The Morgan fingerprint density at radius 1 is 1.19 bits per heavy atom. The largest absolute Gasteiger partial charge is 0.497 e.